The Hall–Kier alpha value is -7.02. The van der Waals surface area contributed by atoms with E-state index < -0.39 is 0 Å². The summed E-state index contributed by atoms with van der Waals surface area (Å²) >= 11 is 0. The third-order valence-corrected chi connectivity index (χ3v) is 13.6. The molecule has 0 aliphatic rings. The van der Waals surface area contributed by atoms with E-state index in [-0.39, 0.29) is 0 Å². The van der Waals surface area contributed by atoms with Crippen LogP contribution in [0, 0.1) is 0 Å². The van der Waals surface area contributed by atoms with Crippen LogP contribution in [-0.2, 0) is 0 Å². The summed E-state index contributed by atoms with van der Waals surface area (Å²) in [4.78, 5) is 0. The number of rotatable bonds is 0. The van der Waals surface area contributed by atoms with E-state index in [4.69, 9.17) is 0 Å². The first-order valence-electron chi connectivity index (χ1n) is 19.1. The maximum absolute atomic E-state index is 2.44. The maximum atomic E-state index is 2.44. The molecule has 242 valence electrons. The van der Waals surface area contributed by atoms with Gasteiger partial charge in [0.15, 0.2) is 0 Å². The van der Waals surface area contributed by atoms with Crippen LogP contribution in [0.4, 0.5) is 0 Å². The second-order valence-corrected chi connectivity index (χ2v) is 15.7. The van der Waals surface area contributed by atoms with Crippen molar-refractivity contribution in [2.24, 2.45) is 0 Å². The second kappa shape index (κ2) is 8.77. The predicted octanol–water partition coefficient (Wildman–Crippen LogP) is 15.6. The Morgan fingerprint density at radius 1 is 0.130 bits per heavy atom. The SMILES string of the molecule is c1ccc2c(c1)c1ccc3cccc4c3c1c1c2ccc2c3cccc5c6cccc7c8cccc9c%10cccc%11cccc(c%11%10)c(c98)c(c76)c(c53)c4c21. The quantitative estimate of drug-likeness (QED) is 0.111. The molecule has 0 bridgehead atoms. The van der Waals surface area contributed by atoms with Crippen molar-refractivity contribution in [2.75, 3.05) is 0 Å². The summed E-state index contributed by atoms with van der Waals surface area (Å²) in [5.74, 6) is 0. The molecule has 0 aliphatic heterocycles. The van der Waals surface area contributed by atoms with Gasteiger partial charge in [-0.05, 0) is 151 Å². The first-order valence-corrected chi connectivity index (χ1v) is 19.1. The van der Waals surface area contributed by atoms with Crippen molar-refractivity contribution >= 4 is 151 Å². The molecule has 0 saturated heterocycles. The van der Waals surface area contributed by atoms with Gasteiger partial charge in [-0.15, -0.1) is 0 Å². The molecule has 54 heavy (non-hydrogen) atoms. The van der Waals surface area contributed by atoms with Crippen LogP contribution in [0.2, 0.25) is 0 Å². The highest BCUT2D eigenvalue weighted by atomic mass is 14.3. The minimum absolute atomic E-state index is 1.30. The van der Waals surface area contributed by atoms with Crippen molar-refractivity contribution in [3.05, 3.63) is 158 Å². The molecule has 0 saturated carbocycles. The first kappa shape index (κ1) is 26.7. The lowest BCUT2D eigenvalue weighted by atomic mass is 9.77. The molecule has 15 aromatic rings. The number of fused-ring (bicyclic) bond motifs is 12. The predicted molar refractivity (Wildman–Crippen MR) is 236 cm³/mol. The van der Waals surface area contributed by atoms with Crippen LogP contribution in [-0.4, -0.2) is 0 Å². The van der Waals surface area contributed by atoms with Gasteiger partial charge in [-0.2, -0.15) is 0 Å². The monoisotopic (exact) mass is 674 g/mol. The molecule has 0 unspecified atom stereocenters. The molecule has 0 heteroatoms. The van der Waals surface area contributed by atoms with E-state index in [2.05, 4.69) is 158 Å². The van der Waals surface area contributed by atoms with Crippen LogP contribution in [0.3, 0.4) is 0 Å². The van der Waals surface area contributed by atoms with Gasteiger partial charge in [0.25, 0.3) is 0 Å². The molecule has 0 N–H and O–H groups in total. The van der Waals surface area contributed by atoms with Crippen molar-refractivity contribution in [2.45, 2.75) is 0 Å². The van der Waals surface area contributed by atoms with Crippen LogP contribution < -0.4 is 0 Å². The fourth-order valence-electron chi connectivity index (χ4n) is 11.7. The lowest BCUT2D eigenvalue weighted by Crippen LogP contribution is -1.96. The summed E-state index contributed by atoms with van der Waals surface area (Å²) in [6.07, 6.45) is 0. The van der Waals surface area contributed by atoms with E-state index in [1.165, 1.54) is 151 Å². The van der Waals surface area contributed by atoms with Gasteiger partial charge >= 0.3 is 0 Å². The van der Waals surface area contributed by atoms with E-state index in [1.54, 1.807) is 0 Å². The molecule has 0 amide bonds. The number of hydrogen-bond acceptors (Lipinski definition) is 0. The van der Waals surface area contributed by atoms with E-state index in [9.17, 15) is 0 Å². The molecule has 15 rings (SSSR count). The minimum atomic E-state index is 1.30. The van der Waals surface area contributed by atoms with Crippen LogP contribution in [0.1, 0.15) is 0 Å². The zero-order chi connectivity index (χ0) is 34.6. The molecule has 0 spiro atoms. The lowest BCUT2D eigenvalue weighted by Gasteiger charge is -2.25. The van der Waals surface area contributed by atoms with Crippen molar-refractivity contribution in [1.82, 2.24) is 0 Å². The van der Waals surface area contributed by atoms with E-state index in [0.717, 1.165) is 0 Å². The Morgan fingerprint density at radius 3 is 0.926 bits per heavy atom. The molecular weight excluding hydrogens is 649 g/mol. The zero-order valence-corrected chi connectivity index (χ0v) is 29.0. The largest absolute Gasteiger partial charge is 0.0616 e. The average molecular weight is 675 g/mol. The van der Waals surface area contributed by atoms with Gasteiger partial charge in [-0.1, -0.05) is 158 Å². The summed E-state index contributed by atoms with van der Waals surface area (Å²) in [5.41, 5.74) is 0. The Balaban J connectivity index is 1.41. The van der Waals surface area contributed by atoms with Gasteiger partial charge in [0.1, 0.15) is 0 Å². The van der Waals surface area contributed by atoms with E-state index in [1.807, 2.05) is 0 Å². The first-order chi connectivity index (χ1) is 26.8. The van der Waals surface area contributed by atoms with Crippen LogP contribution >= 0.6 is 0 Å². The highest BCUT2D eigenvalue weighted by Gasteiger charge is 2.27. The standard InChI is InChI=1S/C54H26/c1-2-13-30-29(12-1)38-24-23-28-11-5-22-42-44(28)48(38)49-39(30)25-26-40-37-20-8-19-36-35-18-7-17-34-33-16-6-15-32-31-14-3-9-27-10-4-21-41(43(27)31)51(45(32)33)53(46(34)35)54(47(36)37)52(42)50(40)49/h1-26H. The summed E-state index contributed by atoms with van der Waals surface area (Å²) < 4.78 is 0. The fourth-order valence-corrected chi connectivity index (χ4v) is 11.7. The maximum Gasteiger partial charge on any atom is -0.0000703 e. The summed E-state index contributed by atoms with van der Waals surface area (Å²) in [6.45, 7) is 0. The lowest BCUT2D eigenvalue weighted by molar-refractivity contribution is 1.80. The van der Waals surface area contributed by atoms with Crippen molar-refractivity contribution in [3.8, 4) is 0 Å². The molecular formula is C54H26. The van der Waals surface area contributed by atoms with Gasteiger partial charge in [-0.25, -0.2) is 0 Å². The van der Waals surface area contributed by atoms with Gasteiger partial charge in [0, 0.05) is 0 Å². The van der Waals surface area contributed by atoms with E-state index >= 15 is 0 Å². The molecule has 15 aromatic carbocycles. The Bertz CT molecular complexity index is 4140. The van der Waals surface area contributed by atoms with Gasteiger partial charge in [-0.3, -0.25) is 0 Å². The normalized spacial score (nSPS) is 13.2. The molecule has 0 aliphatic carbocycles. The van der Waals surface area contributed by atoms with Gasteiger partial charge in [0.2, 0.25) is 0 Å². The fraction of sp³-hybridized carbons (Fsp3) is 0. The van der Waals surface area contributed by atoms with Crippen LogP contribution in [0.15, 0.2) is 158 Å². The summed E-state index contributed by atoms with van der Waals surface area (Å²) in [5, 5.41) is 38.1. The smallest absolute Gasteiger partial charge is 0.0000703 e. The molecule has 0 aromatic heterocycles. The Labute approximate surface area is 307 Å². The second-order valence-electron chi connectivity index (χ2n) is 15.7. The molecule has 0 atom stereocenters. The summed E-state index contributed by atoms with van der Waals surface area (Å²) in [7, 11) is 0. The highest BCUT2D eigenvalue weighted by Crippen LogP contribution is 2.56. The van der Waals surface area contributed by atoms with Crippen LogP contribution in [0.25, 0.3) is 151 Å². The third kappa shape index (κ3) is 2.75. The van der Waals surface area contributed by atoms with Crippen molar-refractivity contribution < 1.29 is 0 Å². The van der Waals surface area contributed by atoms with Gasteiger partial charge < -0.3 is 0 Å². The van der Waals surface area contributed by atoms with Crippen LogP contribution in [0.5, 0.6) is 0 Å². The highest BCUT2D eigenvalue weighted by molar-refractivity contribution is 6.56. The molecule has 0 radical (unpaired) electrons. The van der Waals surface area contributed by atoms with Gasteiger partial charge in [0.05, 0.1) is 0 Å². The minimum Gasteiger partial charge on any atom is -0.0616 e. The third-order valence-electron chi connectivity index (χ3n) is 13.6. The van der Waals surface area contributed by atoms with E-state index in [0.29, 0.717) is 0 Å². The number of benzene rings is 15. The van der Waals surface area contributed by atoms with Crippen molar-refractivity contribution in [3.63, 3.8) is 0 Å². The molecule has 0 fully saturated rings. The number of hydrogen-bond donors (Lipinski definition) is 0. The zero-order valence-electron chi connectivity index (χ0n) is 29.0. The average Bonchev–Trinajstić information content (AvgIpc) is 3.23. The Kier molecular flexibility index (Phi) is 4.34. The molecule has 0 nitrogen and oxygen atoms in total. The summed E-state index contributed by atoms with van der Waals surface area (Å²) in [6, 6.07) is 60.6. The molecule has 0 heterocycles. The topological polar surface area (TPSA) is 0 Å². The van der Waals surface area contributed by atoms with Crippen molar-refractivity contribution in [1.29, 1.82) is 0 Å². The Morgan fingerprint density at radius 2 is 0.407 bits per heavy atom.